The van der Waals surface area contributed by atoms with Crippen molar-refractivity contribution in [1.29, 1.82) is 0 Å². The lowest BCUT2D eigenvalue weighted by Crippen LogP contribution is -2.12. The number of nitrogens with zero attached hydrogens (tertiary/aromatic N) is 1. The van der Waals surface area contributed by atoms with E-state index in [9.17, 15) is 0 Å². The van der Waals surface area contributed by atoms with Crippen molar-refractivity contribution in [1.82, 2.24) is 10.3 Å². The van der Waals surface area contributed by atoms with Crippen LogP contribution in [-0.4, -0.2) is 12.0 Å². The fraction of sp³-hybridized carbons (Fsp3) is 0.357. The quantitative estimate of drug-likeness (QED) is 0.889. The number of aromatic nitrogens is 1. The number of oxazole rings is 1. The minimum absolute atomic E-state index is 0.319. The number of hydrogen-bond acceptors (Lipinski definition) is 4. The van der Waals surface area contributed by atoms with Gasteiger partial charge in [0.2, 0.25) is 0 Å². The Labute approximate surface area is 126 Å². The predicted molar refractivity (Wildman–Crippen MR) is 81.7 cm³/mol. The van der Waals surface area contributed by atoms with Gasteiger partial charge in [-0.1, -0.05) is 22.0 Å². The third-order valence-electron chi connectivity index (χ3n) is 3.09. The lowest BCUT2D eigenvalue weighted by Gasteiger charge is -2.13. The summed E-state index contributed by atoms with van der Waals surface area (Å²) in [6.07, 6.45) is 0. The molecule has 2 aromatic rings. The molecule has 1 unspecified atom stereocenters. The molecule has 0 aliphatic rings. The number of benzene rings is 1. The zero-order valence-corrected chi connectivity index (χ0v) is 13.9. The van der Waals surface area contributed by atoms with Gasteiger partial charge in [-0.3, -0.25) is 0 Å². The highest BCUT2D eigenvalue weighted by atomic mass is 79.9. The fourth-order valence-corrected chi connectivity index (χ4v) is 3.40. The molecule has 0 aliphatic carbocycles. The second kappa shape index (κ2) is 6.11. The molecule has 0 saturated carbocycles. The van der Waals surface area contributed by atoms with Gasteiger partial charge < -0.3 is 9.73 Å². The highest BCUT2D eigenvalue weighted by molar-refractivity contribution is 9.10. The first-order chi connectivity index (χ1) is 9.01. The highest BCUT2D eigenvalue weighted by Crippen LogP contribution is 2.33. The van der Waals surface area contributed by atoms with E-state index in [1.807, 2.05) is 20.9 Å². The van der Waals surface area contributed by atoms with Gasteiger partial charge in [0.25, 0.3) is 5.22 Å². The number of rotatable bonds is 4. The molecule has 0 aliphatic heterocycles. The van der Waals surface area contributed by atoms with Gasteiger partial charge >= 0.3 is 0 Å². The SMILES string of the molecule is CNC(C)c1ccc(Sc2nc(C)c(C)o2)cc1Br. The van der Waals surface area contributed by atoms with Crippen LogP contribution in [0.3, 0.4) is 0 Å². The van der Waals surface area contributed by atoms with Gasteiger partial charge in [0.15, 0.2) is 0 Å². The van der Waals surface area contributed by atoms with Gasteiger partial charge in [0.05, 0.1) is 5.69 Å². The summed E-state index contributed by atoms with van der Waals surface area (Å²) in [5.41, 5.74) is 2.19. The van der Waals surface area contributed by atoms with Crippen LogP contribution in [0.5, 0.6) is 0 Å². The summed E-state index contributed by atoms with van der Waals surface area (Å²) in [4.78, 5) is 5.49. The van der Waals surface area contributed by atoms with E-state index >= 15 is 0 Å². The van der Waals surface area contributed by atoms with Gasteiger partial charge in [-0.2, -0.15) is 0 Å². The maximum Gasteiger partial charge on any atom is 0.260 e. The van der Waals surface area contributed by atoms with Crippen LogP contribution in [0.1, 0.15) is 30.0 Å². The molecule has 0 saturated heterocycles. The van der Waals surface area contributed by atoms with E-state index in [2.05, 4.69) is 51.4 Å². The molecule has 1 N–H and O–H groups in total. The molecule has 0 bridgehead atoms. The molecule has 1 aromatic carbocycles. The van der Waals surface area contributed by atoms with Crippen LogP contribution < -0.4 is 5.32 Å². The number of halogens is 1. The van der Waals surface area contributed by atoms with Crippen LogP contribution in [0.25, 0.3) is 0 Å². The van der Waals surface area contributed by atoms with Crippen molar-refractivity contribution in [2.75, 3.05) is 7.05 Å². The Morgan fingerprint density at radius 3 is 2.63 bits per heavy atom. The van der Waals surface area contributed by atoms with Crippen molar-refractivity contribution in [3.8, 4) is 0 Å². The smallest absolute Gasteiger partial charge is 0.260 e. The Morgan fingerprint density at radius 1 is 1.37 bits per heavy atom. The second-order valence-electron chi connectivity index (χ2n) is 4.42. The summed E-state index contributed by atoms with van der Waals surface area (Å²) < 4.78 is 6.68. The zero-order chi connectivity index (χ0) is 14.0. The van der Waals surface area contributed by atoms with E-state index in [-0.39, 0.29) is 0 Å². The number of hydrogen-bond donors (Lipinski definition) is 1. The van der Waals surface area contributed by atoms with E-state index in [4.69, 9.17) is 4.42 Å². The molecule has 5 heteroatoms. The summed E-state index contributed by atoms with van der Waals surface area (Å²) in [6.45, 7) is 6.02. The van der Waals surface area contributed by atoms with Crippen LogP contribution in [0.2, 0.25) is 0 Å². The van der Waals surface area contributed by atoms with Crippen LogP contribution >= 0.6 is 27.7 Å². The molecule has 1 heterocycles. The standard InChI is InChI=1S/C14H17BrN2OS/c1-8-10(3)18-14(17-8)19-11-5-6-12(9(2)16-4)13(15)7-11/h5-7,9,16H,1-4H3. The maximum absolute atomic E-state index is 5.58. The lowest BCUT2D eigenvalue weighted by molar-refractivity contribution is 0.431. The molecule has 0 amide bonds. The van der Waals surface area contributed by atoms with Crippen LogP contribution in [0.4, 0.5) is 0 Å². The lowest BCUT2D eigenvalue weighted by atomic mass is 10.1. The molecule has 1 aromatic heterocycles. The van der Waals surface area contributed by atoms with E-state index in [1.165, 1.54) is 17.3 Å². The number of nitrogens with one attached hydrogen (secondary N) is 1. The Balaban J connectivity index is 2.20. The Hall–Kier alpha value is -0.780. The number of aryl methyl sites for hydroxylation is 2. The van der Waals surface area contributed by atoms with Gasteiger partial charge in [-0.25, -0.2) is 4.98 Å². The van der Waals surface area contributed by atoms with Gasteiger partial charge in [-0.15, -0.1) is 0 Å². The van der Waals surface area contributed by atoms with Crippen molar-refractivity contribution >= 4 is 27.7 Å². The Bertz CT molecular complexity index is 563. The van der Waals surface area contributed by atoms with E-state index in [0.717, 1.165) is 20.8 Å². The molecule has 0 fully saturated rings. The van der Waals surface area contributed by atoms with Gasteiger partial charge in [0.1, 0.15) is 5.76 Å². The third-order valence-corrected chi connectivity index (χ3v) is 4.61. The monoisotopic (exact) mass is 340 g/mol. The fourth-order valence-electron chi connectivity index (χ4n) is 1.67. The Morgan fingerprint density at radius 2 is 2.11 bits per heavy atom. The summed E-state index contributed by atoms with van der Waals surface area (Å²) in [5.74, 6) is 0.877. The molecule has 3 nitrogen and oxygen atoms in total. The van der Waals surface area contributed by atoms with Crippen LogP contribution in [0, 0.1) is 13.8 Å². The normalized spacial score (nSPS) is 12.7. The molecule has 1 atom stereocenters. The van der Waals surface area contributed by atoms with Gasteiger partial charge in [0, 0.05) is 15.4 Å². The van der Waals surface area contributed by atoms with E-state index in [1.54, 1.807) is 0 Å². The minimum Gasteiger partial charge on any atom is -0.436 e. The largest absolute Gasteiger partial charge is 0.436 e. The van der Waals surface area contributed by atoms with Crippen molar-refractivity contribution in [3.63, 3.8) is 0 Å². The topological polar surface area (TPSA) is 38.1 Å². The van der Waals surface area contributed by atoms with Gasteiger partial charge in [-0.05, 0) is 57.3 Å². The molecule has 19 heavy (non-hydrogen) atoms. The predicted octanol–water partition coefficient (Wildman–Crippen LogP) is 4.49. The summed E-state index contributed by atoms with van der Waals surface area (Å²) in [5, 5.41) is 3.93. The van der Waals surface area contributed by atoms with Crippen LogP contribution in [0.15, 0.2) is 37.2 Å². The van der Waals surface area contributed by atoms with Crippen molar-refractivity contribution in [3.05, 3.63) is 39.7 Å². The first kappa shape index (κ1) is 14.6. The van der Waals surface area contributed by atoms with E-state index in [0.29, 0.717) is 11.3 Å². The molecule has 2 rings (SSSR count). The summed E-state index contributed by atoms with van der Waals surface area (Å²) >= 11 is 5.15. The summed E-state index contributed by atoms with van der Waals surface area (Å²) in [7, 11) is 1.96. The van der Waals surface area contributed by atoms with Crippen LogP contribution in [-0.2, 0) is 0 Å². The van der Waals surface area contributed by atoms with Crippen molar-refractivity contribution in [2.24, 2.45) is 0 Å². The minimum atomic E-state index is 0.319. The highest BCUT2D eigenvalue weighted by Gasteiger charge is 2.11. The first-order valence-corrected chi connectivity index (χ1v) is 7.70. The summed E-state index contributed by atoms with van der Waals surface area (Å²) in [6, 6.07) is 6.63. The Kier molecular flexibility index (Phi) is 4.71. The molecule has 102 valence electrons. The molecular formula is C14H17BrN2OS. The van der Waals surface area contributed by atoms with Crippen molar-refractivity contribution < 1.29 is 4.42 Å². The average molecular weight is 341 g/mol. The van der Waals surface area contributed by atoms with E-state index < -0.39 is 0 Å². The zero-order valence-electron chi connectivity index (χ0n) is 11.5. The molecule has 0 spiro atoms. The molecular weight excluding hydrogens is 324 g/mol. The van der Waals surface area contributed by atoms with Crippen molar-refractivity contribution in [2.45, 2.75) is 36.9 Å². The third kappa shape index (κ3) is 3.41. The molecule has 0 radical (unpaired) electrons. The second-order valence-corrected chi connectivity index (χ2v) is 6.30. The maximum atomic E-state index is 5.58. The average Bonchev–Trinajstić information content (AvgIpc) is 2.67. The first-order valence-electron chi connectivity index (χ1n) is 6.10.